The van der Waals surface area contributed by atoms with Gasteiger partial charge in [0.1, 0.15) is 17.8 Å². The maximum atomic E-state index is 12.2. The Morgan fingerprint density at radius 1 is 1.12 bits per heavy atom. The van der Waals surface area contributed by atoms with Crippen molar-refractivity contribution in [1.29, 1.82) is 0 Å². The number of rotatable bonds is 9. The number of hydrogen-bond donors (Lipinski definition) is 0. The van der Waals surface area contributed by atoms with Crippen LogP contribution in [0.4, 0.5) is 4.79 Å². The molecule has 1 aliphatic heterocycles. The van der Waals surface area contributed by atoms with E-state index in [-0.39, 0.29) is 6.54 Å². The minimum absolute atomic E-state index is 0.218. The third-order valence-corrected chi connectivity index (χ3v) is 5.15. The van der Waals surface area contributed by atoms with E-state index in [2.05, 4.69) is 4.90 Å². The molecule has 0 saturated heterocycles. The van der Waals surface area contributed by atoms with E-state index in [0.29, 0.717) is 31.7 Å². The summed E-state index contributed by atoms with van der Waals surface area (Å²) in [6.45, 7) is 3.42. The number of aldehydes is 1. The predicted molar refractivity (Wildman–Crippen MR) is 125 cm³/mol. The first kappa shape index (κ1) is 25.3. The molecule has 1 aliphatic rings. The van der Waals surface area contributed by atoms with Crippen LogP contribution in [-0.4, -0.2) is 89.2 Å². The van der Waals surface area contributed by atoms with Gasteiger partial charge in [0.25, 0.3) is 0 Å². The molecular weight excluding hydrogens is 410 g/mol. The summed E-state index contributed by atoms with van der Waals surface area (Å²) in [5, 5.41) is 0. The number of methoxy groups -OCH3 is 2. The van der Waals surface area contributed by atoms with Crippen LogP contribution in [0.15, 0.2) is 29.5 Å². The normalized spacial score (nSPS) is 14.5. The summed E-state index contributed by atoms with van der Waals surface area (Å²) in [5.41, 5.74) is 4.20. The number of carbonyl (C=O) groups excluding carboxylic acids is 2. The van der Waals surface area contributed by atoms with Crippen LogP contribution in [0, 0.1) is 0 Å². The summed E-state index contributed by atoms with van der Waals surface area (Å²) in [4.78, 5) is 29.7. The van der Waals surface area contributed by atoms with Crippen molar-refractivity contribution >= 4 is 18.0 Å². The molecule has 1 heterocycles. The van der Waals surface area contributed by atoms with Gasteiger partial charge in [-0.25, -0.2) is 4.79 Å². The molecule has 8 nitrogen and oxygen atoms in total. The molecule has 1 aromatic carbocycles. The second-order valence-corrected chi connectivity index (χ2v) is 8.10. The van der Waals surface area contributed by atoms with Crippen molar-refractivity contribution in [3.8, 4) is 11.5 Å². The highest BCUT2D eigenvalue weighted by Crippen LogP contribution is 2.38. The molecule has 0 N–H and O–H groups in total. The Bertz CT molecular complexity index is 865. The highest BCUT2D eigenvalue weighted by Gasteiger charge is 2.27. The molecule has 8 heteroatoms. The maximum absolute atomic E-state index is 12.2. The molecule has 32 heavy (non-hydrogen) atoms. The zero-order chi connectivity index (χ0) is 23.8. The fourth-order valence-corrected chi connectivity index (χ4v) is 3.77. The second-order valence-electron chi connectivity index (χ2n) is 8.10. The Morgan fingerprint density at radius 3 is 2.22 bits per heavy atom. The molecule has 0 aliphatic carbocycles. The number of ether oxygens (including phenoxy) is 3. The molecule has 0 spiro atoms. The van der Waals surface area contributed by atoms with E-state index in [9.17, 15) is 9.59 Å². The van der Waals surface area contributed by atoms with Gasteiger partial charge in [-0.3, -0.25) is 4.79 Å². The third kappa shape index (κ3) is 6.03. The van der Waals surface area contributed by atoms with Crippen LogP contribution < -0.4 is 9.47 Å². The fraction of sp³-hybridized carbons (Fsp3) is 0.500. The Balaban J connectivity index is 2.60. The monoisotopic (exact) mass is 445 g/mol. The average Bonchev–Trinajstić information content (AvgIpc) is 2.76. The van der Waals surface area contributed by atoms with Gasteiger partial charge in [0.2, 0.25) is 0 Å². The first-order valence-corrected chi connectivity index (χ1v) is 10.6. The van der Waals surface area contributed by atoms with Crippen LogP contribution in [0.5, 0.6) is 11.5 Å². The highest BCUT2D eigenvalue weighted by molar-refractivity contribution is 5.90. The third-order valence-electron chi connectivity index (χ3n) is 5.15. The number of benzene rings is 1. The molecule has 1 aromatic rings. The summed E-state index contributed by atoms with van der Waals surface area (Å²) in [6, 6.07) is 3.95. The largest absolute Gasteiger partial charge is 0.496 e. The average molecular weight is 446 g/mol. The molecule has 2 rings (SSSR count). The van der Waals surface area contributed by atoms with Gasteiger partial charge in [0, 0.05) is 44.5 Å². The van der Waals surface area contributed by atoms with Crippen molar-refractivity contribution in [3.63, 3.8) is 0 Å². The first-order valence-electron chi connectivity index (χ1n) is 10.6. The van der Waals surface area contributed by atoms with Crippen molar-refractivity contribution in [1.82, 2.24) is 14.7 Å². The van der Waals surface area contributed by atoms with Crippen LogP contribution in [0.1, 0.15) is 24.5 Å². The molecule has 0 bridgehead atoms. The van der Waals surface area contributed by atoms with Crippen molar-refractivity contribution in [2.75, 3.05) is 62.1 Å². The molecule has 0 atom stereocenters. The quantitative estimate of drug-likeness (QED) is 0.541. The Morgan fingerprint density at radius 2 is 1.75 bits per heavy atom. The lowest BCUT2D eigenvalue weighted by molar-refractivity contribution is -0.105. The molecule has 176 valence electrons. The summed E-state index contributed by atoms with van der Waals surface area (Å²) >= 11 is 0. The lowest BCUT2D eigenvalue weighted by Crippen LogP contribution is -2.38. The van der Waals surface area contributed by atoms with E-state index < -0.39 is 6.09 Å². The van der Waals surface area contributed by atoms with E-state index in [0.717, 1.165) is 40.1 Å². The fourth-order valence-electron chi connectivity index (χ4n) is 3.77. The number of hydrogen-bond acceptors (Lipinski definition) is 7. The molecule has 0 unspecified atom stereocenters. The summed E-state index contributed by atoms with van der Waals surface area (Å²) < 4.78 is 16.5. The van der Waals surface area contributed by atoms with E-state index >= 15 is 0 Å². The van der Waals surface area contributed by atoms with Gasteiger partial charge in [-0.05, 0) is 50.7 Å². The van der Waals surface area contributed by atoms with E-state index in [1.165, 1.54) is 0 Å². The van der Waals surface area contributed by atoms with Gasteiger partial charge >= 0.3 is 6.09 Å². The van der Waals surface area contributed by atoms with Gasteiger partial charge in [0.15, 0.2) is 0 Å². The number of nitrogens with zero attached hydrogens (tertiary/aromatic N) is 3. The van der Waals surface area contributed by atoms with Gasteiger partial charge in [-0.15, -0.1) is 0 Å². The molecule has 0 aromatic heterocycles. The van der Waals surface area contributed by atoms with Gasteiger partial charge in [-0.2, -0.15) is 0 Å². The van der Waals surface area contributed by atoms with Crippen molar-refractivity contribution < 1.29 is 23.8 Å². The number of amides is 1. The smallest absolute Gasteiger partial charge is 0.410 e. The Kier molecular flexibility index (Phi) is 9.13. The van der Waals surface area contributed by atoms with Crippen LogP contribution in [0.2, 0.25) is 0 Å². The lowest BCUT2D eigenvalue weighted by Gasteiger charge is -2.30. The standard InChI is InChI=1S/C24H35N3O5/c1-8-32-24(29)27-10-9-19(18(13-27)16-28)20(14-25(2)3)17-11-22(30-6)21(15-26(4)5)23(12-17)31-7/h11-12,14,16H,8-10,13,15H2,1-7H3/b20-14-. The van der Waals surface area contributed by atoms with E-state index in [4.69, 9.17) is 14.2 Å². The van der Waals surface area contributed by atoms with Crippen LogP contribution in [0.3, 0.4) is 0 Å². The van der Waals surface area contributed by atoms with Crippen LogP contribution in [0.25, 0.3) is 5.57 Å². The van der Waals surface area contributed by atoms with Gasteiger partial charge in [0.05, 0.1) is 32.9 Å². The van der Waals surface area contributed by atoms with Crippen LogP contribution >= 0.6 is 0 Å². The second kappa shape index (κ2) is 11.6. The SMILES string of the molecule is CCOC(=O)N1CCC(/C(=C\N(C)C)c2cc(OC)c(CN(C)C)c(OC)c2)=C(C=O)C1. The van der Waals surface area contributed by atoms with Gasteiger partial charge in [-0.1, -0.05) is 0 Å². The molecule has 0 radical (unpaired) electrons. The Labute approximate surface area is 191 Å². The van der Waals surface area contributed by atoms with E-state index in [1.807, 2.05) is 51.4 Å². The zero-order valence-electron chi connectivity index (χ0n) is 20.2. The molecule has 0 fully saturated rings. The predicted octanol–water partition coefficient (Wildman–Crippen LogP) is 3.03. The molecule has 1 amide bonds. The topological polar surface area (TPSA) is 71.6 Å². The zero-order valence-corrected chi connectivity index (χ0v) is 20.2. The Hall–Kier alpha value is -3.00. The van der Waals surface area contributed by atoms with E-state index in [1.54, 1.807) is 26.0 Å². The van der Waals surface area contributed by atoms with Gasteiger partial charge < -0.3 is 28.9 Å². The molecular formula is C24H35N3O5. The first-order chi connectivity index (χ1) is 15.2. The van der Waals surface area contributed by atoms with Crippen molar-refractivity contribution in [2.24, 2.45) is 0 Å². The minimum Gasteiger partial charge on any atom is -0.496 e. The van der Waals surface area contributed by atoms with Crippen molar-refractivity contribution in [2.45, 2.75) is 19.9 Å². The number of allylic oxidation sites excluding steroid dienone is 1. The summed E-state index contributed by atoms with van der Waals surface area (Å²) in [5.74, 6) is 1.44. The minimum atomic E-state index is -0.402. The number of carbonyl (C=O) groups is 2. The highest BCUT2D eigenvalue weighted by atomic mass is 16.6. The molecule has 0 saturated carbocycles. The van der Waals surface area contributed by atoms with Crippen molar-refractivity contribution in [3.05, 3.63) is 40.6 Å². The maximum Gasteiger partial charge on any atom is 0.410 e. The lowest BCUT2D eigenvalue weighted by atomic mass is 9.89. The summed E-state index contributed by atoms with van der Waals surface area (Å²) in [6.07, 6.45) is 2.95. The van der Waals surface area contributed by atoms with Crippen LogP contribution in [-0.2, 0) is 16.1 Å². The summed E-state index contributed by atoms with van der Waals surface area (Å²) in [7, 11) is 11.1.